The van der Waals surface area contributed by atoms with Gasteiger partial charge in [0.2, 0.25) is 0 Å². The van der Waals surface area contributed by atoms with Gasteiger partial charge in [-0.3, -0.25) is 4.90 Å². The quantitative estimate of drug-likeness (QED) is 0.895. The van der Waals surface area contributed by atoms with Crippen LogP contribution in [0.15, 0.2) is 22.7 Å². The van der Waals surface area contributed by atoms with Gasteiger partial charge in [-0.1, -0.05) is 28.1 Å². The number of hydrogen-bond donors (Lipinski definition) is 1. The van der Waals surface area contributed by atoms with Crippen LogP contribution in [0, 0.1) is 5.92 Å². The molecule has 0 amide bonds. The fourth-order valence-corrected chi connectivity index (χ4v) is 3.48. The van der Waals surface area contributed by atoms with Gasteiger partial charge in [0.1, 0.15) is 0 Å². The maximum atomic E-state index is 5.67. The molecule has 0 aliphatic carbocycles. The number of rotatable bonds is 5. The van der Waals surface area contributed by atoms with Gasteiger partial charge in [-0.25, -0.2) is 0 Å². The van der Waals surface area contributed by atoms with Crippen LogP contribution in [0.4, 0.5) is 0 Å². The molecule has 1 fully saturated rings. The lowest BCUT2D eigenvalue weighted by Crippen LogP contribution is -2.36. The van der Waals surface area contributed by atoms with Crippen molar-refractivity contribution in [1.82, 2.24) is 9.80 Å². The number of nitrogens with two attached hydrogens (primary N) is 1. The molecule has 1 heterocycles. The summed E-state index contributed by atoms with van der Waals surface area (Å²) in [5, 5.41) is 0. The van der Waals surface area contributed by atoms with E-state index in [1.807, 2.05) is 0 Å². The standard InChI is InChI=1S/C16H26BrN3/c1-19(2)11-13-5-7-20(8-6-13)12-15-4-3-14(10-18)9-16(15)17/h3-4,9,13H,5-8,10-12,18H2,1-2H3. The van der Waals surface area contributed by atoms with Crippen LogP contribution in [0.2, 0.25) is 0 Å². The maximum absolute atomic E-state index is 5.67. The third-order valence-corrected chi connectivity index (χ3v) is 4.82. The Morgan fingerprint density at radius 1 is 1.30 bits per heavy atom. The van der Waals surface area contributed by atoms with Gasteiger partial charge in [0.15, 0.2) is 0 Å². The van der Waals surface area contributed by atoms with E-state index in [0.29, 0.717) is 6.54 Å². The third kappa shape index (κ3) is 4.55. The Hall–Kier alpha value is -0.420. The van der Waals surface area contributed by atoms with Crippen molar-refractivity contribution in [3.05, 3.63) is 33.8 Å². The Kier molecular flexibility index (Phi) is 6.02. The molecule has 1 aromatic carbocycles. The van der Waals surface area contributed by atoms with Crippen molar-refractivity contribution < 1.29 is 0 Å². The van der Waals surface area contributed by atoms with Crippen LogP contribution in [0.3, 0.4) is 0 Å². The second kappa shape index (κ2) is 7.55. The summed E-state index contributed by atoms with van der Waals surface area (Å²) in [4.78, 5) is 4.87. The van der Waals surface area contributed by atoms with Crippen LogP contribution in [-0.4, -0.2) is 43.5 Å². The molecule has 0 saturated carbocycles. The molecule has 0 radical (unpaired) electrons. The maximum Gasteiger partial charge on any atom is 0.0244 e. The van der Waals surface area contributed by atoms with Crippen molar-refractivity contribution in [3.8, 4) is 0 Å². The number of hydrogen-bond acceptors (Lipinski definition) is 3. The molecule has 1 aliphatic rings. The molecule has 0 atom stereocenters. The van der Waals surface area contributed by atoms with E-state index in [2.05, 4.69) is 58.0 Å². The first-order valence-corrected chi connectivity index (χ1v) is 8.22. The molecule has 0 bridgehead atoms. The van der Waals surface area contributed by atoms with Crippen molar-refractivity contribution in [3.63, 3.8) is 0 Å². The van der Waals surface area contributed by atoms with Crippen molar-refractivity contribution >= 4 is 15.9 Å². The molecule has 20 heavy (non-hydrogen) atoms. The molecule has 0 aromatic heterocycles. The van der Waals surface area contributed by atoms with Gasteiger partial charge >= 0.3 is 0 Å². The van der Waals surface area contributed by atoms with Crippen molar-refractivity contribution in [2.24, 2.45) is 11.7 Å². The topological polar surface area (TPSA) is 32.5 Å². The summed E-state index contributed by atoms with van der Waals surface area (Å²) in [5.74, 6) is 0.865. The Morgan fingerprint density at radius 2 is 2.00 bits per heavy atom. The van der Waals surface area contributed by atoms with Gasteiger partial charge in [-0.2, -0.15) is 0 Å². The summed E-state index contributed by atoms with van der Waals surface area (Å²) in [6.07, 6.45) is 2.63. The highest BCUT2D eigenvalue weighted by Crippen LogP contribution is 2.23. The normalized spacial score (nSPS) is 17.9. The molecule has 3 nitrogen and oxygen atoms in total. The predicted molar refractivity (Wildman–Crippen MR) is 88.6 cm³/mol. The lowest BCUT2D eigenvalue weighted by atomic mass is 9.96. The highest BCUT2D eigenvalue weighted by atomic mass is 79.9. The van der Waals surface area contributed by atoms with Gasteiger partial charge in [0.25, 0.3) is 0 Å². The number of benzene rings is 1. The average Bonchev–Trinajstić information content (AvgIpc) is 2.42. The first-order chi connectivity index (χ1) is 9.58. The van der Waals surface area contributed by atoms with Gasteiger partial charge < -0.3 is 10.6 Å². The summed E-state index contributed by atoms with van der Waals surface area (Å²) < 4.78 is 1.19. The number of piperidine rings is 1. The van der Waals surface area contributed by atoms with E-state index in [4.69, 9.17) is 5.73 Å². The van der Waals surface area contributed by atoms with E-state index in [-0.39, 0.29) is 0 Å². The molecule has 4 heteroatoms. The molecular formula is C16H26BrN3. The van der Waals surface area contributed by atoms with Gasteiger partial charge in [-0.15, -0.1) is 0 Å². The zero-order chi connectivity index (χ0) is 14.5. The fourth-order valence-electron chi connectivity index (χ4n) is 2.93. The Labute approximate surface area is 131 Å². The summed E-state index contributed by atoms with van der Waals surface area (Å²) in [5.41, 5.74) is 8.23. The molecule has 1 aromatic rings. The minimum atomic E-state index is 0.606. The highest BCUT2D eigenvalue weighted by Gasteiger charge is 2.20. The van der Waals surface area contributed by atoms with E-state index in [9.17, 15) is 0 Å². The lowest BCUT2D eigenvalue weighted by Gasteiger charge is -2.33. The van der Waals surface area contributed by atoms with Gasteiger partial charge in [-0.05, 0) is 63.1 Å². The Balaban J connectivity index is 1.86. The van der Waals surface area contributed by atoms with Crippen LogP contribution < -0.4 is 5.73 Å². The van der Waals surface area contributed by atoms with E-state index in [0.717, 1.165) is 12.5 Å². The summed E-state index contributed by atoms with van der Waals surface area (Å²) in [7, 11) is 4.34. The second-order valence-corrected chi connectivity index (χ2v) is 6.97. The van der Waals surface area contributed by atoms with E-state index in [1.165, 1.54) is 48.1 Å². The van der Waals surface area contributed by atoms with Crippen LogP contribution in [0.1, 0.15) is 24.0 Å². The van der Waals surface area contributed by atoms with Crippen molar-refractivity contribution in [1.29, 1.82) is 0 Å². The van der Waals surface area contributed by atoms with Crippen LogP contribution in [-0.2, 0) is 13.1 Å². The highest BCUT2D eigenvalue weighted by molar-refractivity contribution is 9.10. The smallest absolute Gasteiger partial charge is 0.0244 e. The summed E-state index contributed by atoms with van der Waals surface area (Å²) in [6.45, 7) is 5.30. The molecule has 1 saturated heterocycles. The van der Waals surface area contributed by atoms with E-state index < -0.39 is 0 Å². The summed E-state index contributed by atoms with van der Waals surface area (Å²) >= 11 is 3.67. The zero-order valence-electron chi connectivity index (χ0n) is 12.6. The van der Waals surface area contributed by atoms with Crippen molar-refractivity contribution in [2.75, 3.05) is 33.7 Å². The molecule has 0 unspecified atom stereocenters. The molecule has 112 valence electrons. The second-order valence-electron chi connectivity index (χ2n) is 6.11. The molecule has 0 spiro atoms. The summed E-state index contributed by atoms with van der Waals surface area (Å²) in [6, 6.07) is 6.49. The van der Waals surface area contributed by atoms with Crippen LogP contribution in [0.5, 0.6) is 0 Å². The number of likely N-dealkylation sites (tertiary alicyclic amines) is 1. The first kappa shape index (κ1) is 16.0. The minimum Gasteiger partial charge on any atom is -0.326 e. The van der Waals surface area contributed by atoms with Crippen molar-refractivity contribution in [2.45, 2.75) is 25.9 Å². The third-order valence-electron chi connectivity index (χ3n) is 4.08. The minimum absolute atomic E-state index is 0.606. The largest absolute Gasteiger partial charge is 0.326 e. The van der Waals surface area contributed by atoms with E-state index in [1.54, 1.807) is 0 Å². The van der Waals surface area contributed by atoms with Crippen LogP contribution in [0.25, 0.3) is 0 Å². The molecule has 2 rings (SSSR count). The number of halogens is 1. The first-order valence-electron chi connectivity index (χ1n) is 7.43. The molecule has 1 aliphatic heterocycles. The zero-order valence-corrected chi connectivity index (χ0v) is 14.2. The SMILES string of the molecule is CN(C)CC1CCN(Cc2ccc(CN)cc2Br)CC1. The fraction of sp³-hybridized carbons (Fsp3) is 0.625. The average molecular weight is 340 g/mol. The Morgan fingerprint density at radius 3 is 2.55 bits per heavy atom. The lowest BCUT2D eigenvalue weighted by molar-refractivity contribution is 0.156. The van der Waals surface area contributed by atoms with Gasteiger partial charge in [0, 0.05) is 24.1 Å². The van der Waals surface area contributed by atoms with E-state index >= 15 is 0 Å². The number of nitrogens with zero attached hydrogens (tertiary/aromatic N) is 2. The van der Waals surface area contributed by atoms with Gasteiger partial charge in [0.05, 0.1) is 0 Å². The van der Waals surface area contributed by atoms with Crippen LogP contribution >= 0.6 is 15.9 Å². The Bertz CT molecular complexity index is 426. The molecule has 2 N–H and O–H groups in total. The molecular weight excluding hydrogens is 314 g/mol. The monoisotopic (exact) mass is 339 g/mol. The predicted octanol–water partition coefficient (Wildman–Crippen LogP) is 2.68.